The normalized spacial score (nSPS) is 11.4. The number of Topliss-reactive ketones (excluding diaryl/α,β-unsaturated/α-hetero) is 1. The van der Waals surface area contributed by atoms with Gasteiger partial charge in [-0.3, -0.25) is 4.79 Å². The lowest BCUT2D eigenvalue weighted by Gasteiger charge is -2.15. The fraction of sp³-hybridized carbons (Fsp3) is 0.538. The first-order chi connectivity index (χ1) is 9.30. The molecule has 0 radical (unpaired) electrons. The molecule has 7 heteroatoms. The second-order valence-corrected chi connectivity index (χ2v) is 12.1. The molecule has 0 spiro atoms. The molecule has 0 fully saturated rings. The van der Waals surface area contributed by atoms with Crippen molar-refractivity contribution in [1.82, 2.24) is 4.57 Å². The van der Waals surface area contributed by atoms with Crippen LogP contribution < -0.4 is 0 Å². The van der Waals surface area contributed by atoms with Gasteiger partial charge in [-0.1, -0.05) is 19.6 Å². The Balaban J connectivity index is 2.76. The maximum Gasteiger partial charge on any atom is 0.190 e. The zero-order chi connectivity index (χ0) is 15.3. The molecule has 1 aromatic rings. The molecule has 0 amide bonds. The lowest BCUT2D eigenvalue weighted by molar-refractivity contribution is 0.0860. The predicted octanol–water partition coefficient (Wildman–Crippen LogP) is 2.61. The monoisotopic (exact) mass is 358 g/mol. The molecule has 0 atom stereocenters. The minimum atomic E-state index is -1.14. The number of carbonyl (C=O) groups is 1. The van der Waals surface area contributed by atoms with Gasteiger partial charge in [-0.05, 0) is 22.0 Å². The highest BCUT2D eigenvalue weighted by Gasteiger charge is 2.19. The number of halogens is 1. The number of aliphatic hydroxyl groups is 1. The summed E-state index contributed by atoms with van der Waals surface area (Å²) in [6.07, 6.45) is 1.54. The Labute approximate surface area is 128 Å². The summed E-state index contributed by atoms with van der Waals surface area (Å²) in [4.78, 5) is 11.5. The molecule has 1 rings (SSSR count). The van der Waals surface area contributed by atoms with Crippen LogP contribution in [0.4, 0.5) is 0 Å². The Morgan fingerprint density at radius 3 is 2.70 bits per heavy atom. The van der Waals surface area contributed by atoms with Crippen LogP contribution in [0.1, 0.15) is 16.1 Å². The van der Waals surface area contributed by atoms with Crippen LogP contribution in [0.15, 0.2) is 10.7 Å². The van der Waals surface area contributed by atoms with E-state index in [9.17, 15) is 4.79 Å². The zero-order valence-corrected chi connectivity index (χ0v) is 14.5. The van der Waals surface area contributed by atoms with E-state index in [0.717, 1.165) is 6.04 Å². The number of aliphatic hydroxyl groups excluding tert-OH is 1. The second kappa shape index (κ2) is 7.18. The molecular formula is C13H19BrN2O3Si. The highest BCUT2D eigenvalue weighted by molar-refractivity contribution is 9.10. The summed E-state index contributed by atoms with van der Waals surface area (Å²) in [5, 5.41) is 18.0. The van der Waals surface area contributed by atoms with Crippen LogP contribution >= 0.6 is 15.9 Å². The summed E-state index contributed by atoms with van der Waals surface area (Å²) < 4.78 is 7.56. The molecule has 0 saturated carbocycles. The standard InChI is InChI=1S/C13H19BrN2O3Si/c1-20(2,3)5-4-19-9-16-7-10(12(18)8-17)13(14)11(16)6-15/h7,17H,4-5,8-9H2,1-3H3. The largest absolute Gasteiger partial charge is 0.388 e. The molecule has 20 heavy (non-hydrogen) atoms. The third kappa shape index (κ3) is 4.56. The summed E-state index contributed by atoms with van der Waals surface area (Å²) in [5.74, 6) is -0.422. The topological polar surface area (TPSA) is 75.2 Å². The number of nitriles is 1. The van der Waals surface area contributed by atoms with Crippen molar-refractivity contribution in [3.63, 3.8) is 0 Å². The van der Waals surface area contributed by atoms with Crippen LogP contribution in [0, 0.1) is 11.3 Å². The van der Waals surface area contributed by atoms with Crippen molar-refractivity contribution in [3.8, 4) is 6.07 Å². The van der Waals surface area contributed by atoms with Crippen molar-refractivity contribution in [2.24, 2.45) is 0 Å². The Morgan fingerprint density at radius 1 is 1.55 bits per heavy atom. The number of hydrogen-bond donors (Lipinski definition) is 1. The number of ketones is 1. The summed E-state index contributed by atoms with van der Waals surface area (Å²) in [7, 11) is -1.14. The number of aromatic nitrogens is 1. The minimum Gasteiger partial charge on any atom is -0.388 e. The maximum atomic E-state index is 11.5. The average Bonchev–Trinajstić information content (AvgIpc) is 2.69. The van der Waals surface area contributed by atoms with E-state index in [1.807, 2.05) is 6.07 Å². The summed E-state index contributed by atoms with van der Waals surface area (Å²) in [5.41, 5.74) is 0.632. The number of nitrogens with zero attached hydrogens (tertiary/aromatic N) is 2. The molecule has 0 aliphatic rings. The van der Waals surface area contributed by atoms with Gasteiger partial charge in [-0.15, -0.1) is 0 Å². The van der Waals surface area contributed by atoms with E-state index in [4.69, 9.17) is 15.1 Å². The van der Waals surface area contributed by atoms with Gasteiger partial charge < -0.3 is 14.4 Å². The molecule has 0 unspecified atom stereocenters. The van der Waals surface area contributed by atoms with Gasteiger partial charge in [0.05, 0.1) is 10.0 Å². The SMILES string of the molecule is C[Si](C)(C)CCOCn1cc(C(=O)CO)c(Br)c1C#N. The van der Waals surface area contributed by atoms with Crippen molar-refractivity contribution in [3.05, 3.63) is 21.9 Å². The van der Waals surface area contributed by atoms with Crippen LogP contribution in [0.5, 0.6) is 0 Å². The molecule has 1 N–H and O–H groups in total. The fourth-order valence-electron chi connectivity index (χ4n) is 1.57. The van der Waals surface area contributed by atoms with E-state index in [1.165, 1.54) is 6.20 Å². The first kappa shape index (κ1) is 17.1. The van der Waals surface area contributed by atoms with Crippen LogP contribution in [0.2, 0.25) is 25.7 Å². The first-order valence-corrected chi connectivity index (χ1v) is 10.8. The molecule has 5 nitrogen and oxygen atoms in total. The van der Waals surface area contributed by atoms with Gasteiger partial charge in [0.1, 0.15) is 25.1 Å². The smallest absolute Gasteiger partial charge is 0.190 e. The molecule has 0 saturated heterocycles. The predicted molar refractivity (Wildman–Crippen MR) is 82.4 cm³/mol. The van der Waals surface area contributed by atoms with E-state index < -0.39 is 20.5 Å². The molecule has 0 aliphatic carbocycles. The molecule has 110 valence electrons. The lowest BCUT2D eigenvalue weighted by atomic mass is 10.2. The highest BCUT2D eigenvalue weighted by atomic mass is 79.9. The van der Waals surface area contributed by atoms with Gasteiger partial charge >= 0.3 is 0 Å². The van der Waals surface area contributed by atoms with Crippen LogP contribution in [0.3, 0.4) is 0 Å². The van der Waals surface area contributed by atoms with Crippen molar-refractivity contribution in [2.45, 2.75) is 32.4 Å². The number of rotatable bonds is 7. The van der Waals surface area contributed by atoms with Crippen LogP contribution in [0.25, 0.3) is 0 Å². The van der Waals surface area contributed by atoms with Crippen molar-refractivity contribution < 1.29 is 14.6 Å². The maximum absolute atomic E-state index is 11.5. The highest BCUT2D eigenvalue weighted by Crippen LogP contribution is 2.24. The summed E-state index contributed by atoms with van der Waals surface area (Å²) in [6.45, 7) is 7.08. The van der Waals surface area contributed by atoms with E-state index in [2.05, 4.69) is 35.6 Å². The van der Waals surface area contributed by atoms with Gasteiger partial charge in [0.25, 0.3) is 0 Å². The quantitative estimate of drug-likeness (QED) is 0.461. The molecular weight excluding hydrogens is 340 g/mol. The Hall–Kier alpha value is -0.943. The average molecular weight is 359 g/mol. The summed E-state index contributed by atoms with van der Waals surface area (Å²) in [6, 6.07) is 3.07. The van der Waals surface area contributed by atoms with E-state index in [1.54, 1.807) is 4.57 Å². The van der Waals surface area contributed by atoms with Gasteiger partial charge in [0.2, 0.25) is 0 Å². The van der Waals surface area contributed by atoms with Gasteiger partial charge in [-0.2, -0.15) is 5.26 Å². The van der Waals surface area contributed by atoms with Gasteiger partial charge in [0.15, 0.2) is 5.78 Å². The van der Waals surface area contributed by atoms with E-state index in [-0.39, 0.29) is 6.73 Å². The molecule has 1 aromatic heterocycles. The van der Waals surface area contributed by atoms with E-state index in [0.29, 0.717) is 22.3 Å². The Morgan fingerprint density at radius 2 is 2.20 bits per heavy atom. The third-order valence-corrected chi connectivity index (χ3v) is 5.30. The molecule has 0 aliphatic heterocycles. The van der Waals surface area contributed by atoms with E-state index >= 15 is 0 Å². The summed E-state index contributed by atoms with van der Waals surface area (Å²) >= 11 is 3.22. The zero-order valence-electron chi connectivity index (χ0n) is 11.9. The Bertz CT molecular complexity index is 529. The molecule has 1 heterocycles. The number of carbonyl (C=O) groups excluding carboxylic acids is 1. The molecule has 0 aromatic carbocycles. The van der Waals surface area contributed by atoms with Crippen molar-refractivity contribution >= 4 is 29.8 Å². The Kier molecular flexibility index (Phi) is 6.14. The number of hydrogen-bond acceptors (Lipinski definition) is 4. The van der Waals surface area contributed by atoms with Crippen LogP contribution in [-0.4, -0.2) is 36.7 Å². The van der Waals surface area contributed by atoms with Crippen molar-refractivity contribution in [2.75, 3.05) is 13.2 Å². The minimum absolute atomic E-state index is 0.227. The number of ether oxygens (including phenoxy) is 1. The third-order valence-electron chi connectivity index (χ3n) is 2.79. The first-order valence-electron chi connectivity index (χ1n) is 6.30. The fourth-order valence-corrected chi connectivity index (χ4v) is 2.96. The lowest BCUT2D eigenvalue weighted by Crippen LogP contribution is -2.22. The second-order valence-electron chi connectivity index (χ2n) is 5.72. The van der Waals surface area contributed by atoms with Crippen LogP contribution in [-0.2, 0) is 11.5 Å². The molecule has 0 bridgehead atoms. The van der Waals surface area contributed by atoms with Gasteiger partial charge in [-0.25, -0.2) is 0 Å². The van der Waals surface area contributed by atoms with Gasteiger partial charge in [0, 0.05) is 20.9 Å². The van der Waals surface area contributed by atoms with Crippen molar-refractivity contribution in [1.29, 1.82) is 5.26 Å².